The number of ether oxygens (including phenoxy) is 5. The number of carbonyl (C=O) groups excluding carboxylic acids is 3. The van der Waals surface area contributed by atoms with Crippen molar-refractivity contribution in [3.05, 3.63) is 23.8 Å². The number of rotatable bonds is 19. The van der Waals surface area contributed by atoms with Crippen LogP contribution in [0.2, 0.25) is 0 Å². The van der Waals surface area contributed by atoms with Crippen molar-refractivity contribution in [2.75, 3.05) is 20.8 Å². The molecule has 1 aliphatic heterocycles. The molecule has 1 unspecified atom stereocenters. The van der Waals surface area contributed by atoms with E-state index in [0.717, 1.165) is 38.5 Å². The second-order valence-electron chi connectivity index (χ2n) is 11.0. The minimum Gasteiger partial charge on any atom is -0.466 e. The molecule has 1 rings (SSSR count). The first kappa shape index (κ1) is 36.0. The lowest BCUT2D eigenvalue weighted by Crippen LogP contribution is -2.63. The van der Waals surface area contributed by atoms with Crippen molar-refractivity contribution >= 4 is 18.2 Å². The van der Waals surface area contributed by atoms with Gasteiger partial charge in [0.25, 0.3) is 0 Å². The van der Waals surface area contributed by atoms with E-state index in [1.54, 1.807) is 26.8 Å². The number of aliphatic hydroxyl groups excluding tert-OH is 1. The molecule has 0 amide bonds. The molecule has 1 saturated heterocycles. The molecule has 9 nitrogen and oxygen atoms in total. The predicted octanol–water partition coefficient (Wildman–Crippen LogP) is 5.23. The summed E-state index contributed by atoms with van der Waals surface area (Å²) in [5.41, 5.74) is -0.555. The van der Waals surface area contributed by atoms with Crippen LogP contribution in [0.4, 0.5) is 0 Å². The van der Waals surface area contributed by atoms with E-state index in [-0.39, 0.29) is 19.3 Å². The SMILES string of the molecule is CCCCCCCC(=O)O[C@H]1/C(=C/C(=O)OC)CC(C[C@@H](O)[C@@H](C)OCCCC)O[C@@]1(OC)C(C)(C)/C=C/C=O. The highest BCUT2D eigenvalue weighted by Gasteiger charge is 2.59. The van der Waals surface area contributed by atoms with Crippen molar-refractivity contribution < 1.29 is 43.2 Å². The molecule has 0 aromatic rings. The Labute approximate surface area is 240 Å². The molecule has 0 saturated carbocycles. The number of methoxy groups -OCH3 is 2. The van der Waals surface area contributed by atoms with E-state index < -0.39 is 47.6 Å². The second-order valence-corrected chi connectivity index (χ2v) is 11.0. The maximum Gasteiger partial charge on any atom is 0.330 e. The number of carbonyl (C=O) groups is 3. The van der Waals surface area contributed by atoms with Crippen LogP contribution in [0.3, 0.4) is 0 Å². The summed E-state index contributed by atoms with van der Waals surface area (Å²) < 4.78 is 29.3. The molecule has 0 spiro atoms. The lowest BCUT2D eigenvalue weighted by molar-refractivity contribution is -0.338. The van der Waals surface area contributed by atoms with Gasteiger partial charge in [-0.05, 0) is 37.8 Å². The first-order chi connectivity index (χ1) is 19.0. The van der Waals surface area contributed by atoms with Gasteiger partial charge < -0.3 is 28.8 Å². The first-order valence-electron chi connectivity index (χ1n) is 14.6. The third kappa shape index (κ3) is 10.7. The van der Waals surface area contributed by atoms with Gasteiger partial charge in [-0.2, -0.15) is 0 Å². The number of unbranched alkanes of at least 4 members (excludes halogenated alkanes) is 5. The minimum absolute atomic E-state index is 0.183. The van der Waals surface area contributed by atoms with Gasteiger partial charge in [0.05, 0.1) is 25.4 Å². The molecule has 0 radical (unpaired) electrons. The van der Waals surface area contributed by atoms with Crippen LogP contribution in [0.5, 0.6) is 0 Å². The van der Waals surface area contributed by atoms with Crippen LogP contribution in [0.1, 0.15) is 98.8 Å². The molecule has 1 N–H and O–H groups in total. The molecule has 5 atom stereocenters. The summed E-state index contributed by atoms with van der Waals surface area (Å²) in [7, 11) is 2.71. The predicted molar refractivity (Wildman–Crippen MR) is 153 cm³/mol. The Morgan fingerprint density at radius 2 is 1.80 bits per heavy atom. The molecule has 0 bridgehead atoms. The number of esters is 2. The molecule has 0 aromatic carbocycles. The summed E-state index contributed by atoms with van der Waals surface area (Å²) in [6.07, 6.45) is 9.21. The average Bonchev–Trinajstić information content (AvgIpc) is 2.92. The fraction of sp³-hybridized carbons (Fsp3) is 0.774. The maximum absolute atomic E-state index is 13.1. The summed E-state index contributed by atoms with van der Waals surface area (Å²) in [4.78, 5) is 36.7. The van der Waals surface area contributed by atoms with E-state index in [0.29, 0.717) is 24.9 Å². The van der Waals surface area contributed by atoms with Gasteiger partial charge in [-0.15, -0.1) is 0 Å². The Balaban J connectivity index is 3.42. The highest BCUT2D eigenvalue weighted by molar-refractivity contribution is 5.83. The maximum atomic E-state index is 13.1. The Morgan fingerprint density at radius 3 is 2.40 bits per heavy atom. The number of aliphatic hydroxyl groups is 1. The Hall–Kier alpha value is -2.07. The summed E-state index contributed by atoms with van der Waals surface area (Å²) >= 11 is 0. The molecule has 0 aliphatic carbocycles. The van der Waals surface area contributed by atoms with E-state index in [2.05, 4.69) is 13.8 Å². The summed E-state index contributed by atoms with van der Waals surface area (Å²) in [5.74, 6) is -2.66. The smallest absolute Gasteiger partial charge is 0.330 e. The molecule has 9 heteroatoms. The fourth-order valence-corrected chi connectivity index (χ4v) is 4.95. The van der Waals surface area contributed by atoms with Crippen LogP contribution >= 0.6 is 0 Å². The molecule has 40 heavy (non-hydrogen) atoms. The van der Waals surface area contributed by atoms with Crippen LogP contribution in [0.15, 0.2) is 23.8 Å². The number of aldehydes is 1. The number of allylic oxidation sites excluding steroid dienone is 1. The average molecular weight is 569 g/mol. The minimum atomic E-state index is -1.61. The summed E-state index contributed by atoms with van der Waals surface area (Å²) in [5, 5.41) is 10.9. The van der Waals surface area contributed by atoms with E-state index >= 15 is 0 Å². The van der Waals surface area contributed by atoms with Crippen LogP contribution in [0, 0.1) is 5.41 Å². The van der Waals surface area contributed by atoms with Crippen molar-refractivity contribution in [3.8, 4) is 0 Å². The summed E-state index contributed by atoms with van der Waals surface area (Å²) in [6.45, 7) is 10.1. The molecule has 1 heterocycles. The van der Waals surface area contributed by atoms with Crippen LogP contribution in [0.25, 0.3) is 0 Å². The Morgan fingerprint density at radius 1 is 1.12 bits per heavy atom. The highest BCUT2D eigenvalue weighted by Crippen LogP contribution is 2.48. The van der Waals surface area contributed by atoms with E-state index in [4.69, 9.17) is 23.7 Å². The zero-order chi connectivity index (χ0) is 30.2. The zero-order valence-electron chi connectivity index (χ0n) is 25.6. The lowest BCUT2D eigenvalue weighted by atomic mass is 9.74. The quantitative estimate of drug-likeness (QED) is 0.0967. The third-order valence-electron chi connectivity index (χ3n) is 7.44. The van der Waals surface area contributed by atoms with Crippen LogP contribution < -0.4 is 0 Å². The van der Waals surface area contributed by atoms with Crippen molar-refractivity contribution in [1.29, 1.82) is 0 Å². The first-order valence-corrected chi connectivity index (χ1v) is 14.6. The topological polar surface area (TPSA) is 118 Å². The van der Waals surface area contributed by atoms with Gasteiger partial charge in [0.1, 0.15) is 6.29 Å². The Kier molecular flexibility index (Phi) is 16.5. The van der Waals surface area contributed by atoms with Crippen molar-refractivity contribution in [1.82, 2.24) is 0 Å². The second kappa shape index (κ2) is 18.4. The summed E-state index contributed by atoms with van der Waals surface area (Å²) in [6, 6.07) is 0. The van der Waals surface area contributed by atoms with Crippen molar-refractivity contribution in [2.45, 2.75) is 129 Å². The third-order valence-corrected chi connectivity index (χ3v) is 7.44. The fourth-order valence-electron chi connectivity index (χ4n) is 4.95. The van der Waals surface area contributed by atoms with Gasteiger partial charge in [-0.1, -0.05) is 65.9 Å². The Bertz CT molecular complexity index is 835. The standard InChI is InChI=1S/C31H52O9/c1-8-10-12-13-14-16-27(34)39-29-24(21-28(35)36-6)20-25(22-26(33)23(3)38-19-11-9-2)40-31(29,37-7)30(4,5)17-15-18-32/h15,17-18,21,23,25-26,29,33H,8-14,16,19-20,22H2,1-7H3/b17-15+,24-21+/t23-,25?,26-,29+,31-/m1/s1. The van der Waals surface area contributed by atoms with Gasteiger partial charge >= 0.3 is 11.9 Å². The zero-order valence-corrected chi connectivity index (χ0v) is 25.6. The van der Waals surface area contributed by atoms with Gasteiger partial charge in [0, 0.05) is 38.0 Å². The molecule has 1 aliphatic rings. The monoisotopic (exact) mass is 568 g/mol. The number of hydrogen-bond donors (Lipinski definition) is 1. The molecular formula is C31H52O9. The van der Waals surface area contributed by atoms with E-state index in [1.807, 2.05) is 0 Å². The van der Waals surface area contributed by atoms with Crippen molar-refractivity contribution in [2.24, 2.45) is 5.41 Å². The molecule has 230 valence electrons. The van der Waals surface area contributed by atoms with Gasteiger partial charge in [-0.3, -0.25) is 9.59 Å². The van der Waals surface area contributed by atoms with Gasteiger partial charge in [0.2, 0.25) is 5.79 Å². The number of hydrogen-bond acceptors (Lipinski definition) is 9. The molecular weight excluding hydrogens is 516 g/mol. The molecule has 1 fully saturated rings. The van der Waals surface area contributed by atoms with Crippen LogP contribution in [-0.2, 0) is 38.1 Å². The van der Waals surface area contributed by atoms with Crippen LogP contribution in [-0.4, -0.2) is 74.4 Å². The van der Waals surface area contributed by atoms with Gasteiger partial charge in [-0.25, -0.2) is 4.79 Å². The van der Waals surface area contributed by atoms with Crippen molar-refractivity contribution in [3.63, 3.8) is 0 Å². The molecule has 0 aromatic heterocycles. The highest BCUT2D eigenvalue weighted by atomic mass is 16.7. The largest absolute Gasteiger partial charge is 0.466 e. The van der Waals surface area contributed by atoms with E-state index in [9.17, 15) is 19.5 Å². The normalized spacial score (nSPS) is 24.1. The van der Waals surface area contributed by atoms with Gasteiger partial charge in [0.15, 0.2) is 6.10 Å². The lowest BCUT2D eigenvalue weighted by Gasteiger charge is -2.53. The van der Waals surface area contributed by atoms with E-state index in [1.165, 1.54) is 26.4 Å².